The number of carbonyl (C=O) groups is 4. The Morgan fingerprint density at radius 3 is 1.90 bits per heavy atom. The van der Waals surface area contributed by atoms with Gasteiger partial charge in [-0.1, -0.05) is 72.8 Å². The Hall–Kier alpha value is -4.35. The van der Waals surface area contributed by atoms with Crippen molar-refractivity contribution in [2.75, 3.05) is 26.2 Å². The number of nitrogens with two attached hydrogens (primary N) is 1. The lowest BCUT2D eigenvalue weighted by molar-refractivity contribution is -0.153. The topological polar surface area (TPSA) is 169 Å². The number of imide groups is 1. The summed E-state index contributed by atoms with van der Waals surface area (Å²) in [6.45, 7) is 0.314. The molecule has 0 radical (unpaired) electrons. The predicted molar refractivity (Wildman–Crippen MR) is 152 cm³/mol. The third-order valence-corrected chi connectivity index (χ3v) is 8.37. The van der Waals surface area contributed by atoms with Gasteiger partial charge in [0.05, 0.1) is 18.5 Å². The van der Waals surface area contributed by atoms with Crippen molar-refractivity contribution >= 4 is 36.7 Å². The minimum absolute atomic E-state index is 0.00770. The van der Waals surface area contributed by atoms with Crippen molar-refractivity contribution in [1.82, 2.24) is 15.1 Å². The van der Waals surface area contributed by atoms with E-state index in [4.69, 9.17) is 14.8 Å². The van der Waals surface area contributed by atoms with Crippen molar-refractivity contribution in [2.45, 2.75) is 19.3 Å². The summed E-state index contributed by atoms with van der Waals surface area (Å²) in [4.78, 5) is 51.5. The molecule has 0 spiro atoms. The molecule has 4 rings (SSSR count). The van der Waals surface area contributed by atoms with E-state index in [1.165, 1.54) is 29.2 Å². The Labute approximate surface area is 242 Å². The number of carboxylic acids is 1. The zero-order valence-corrected chi connectivity index (χ0v) is 23.5. The van der Waals surface area contributed by atoms with Gasteiger partial charge in [-0.25, -0.2) is 9.59 Å². The maximum Gasteiger partial charge on any atom is 0.361 e. The van der Waals surface area contributed by atoms with Gasteiger partial charge in [0, 0.05) is 26.2 Å². The molecule has 0 saturated carbocycles. The lowest BCUT2D eigenvalue weighted by atomic mass is 10.1. The molecule has 1 aliphatic heterocycles. The van der Waals surface area contributed by atoms with Gasteiger partial charge in [-0.15, -0.1) is 0 Å². The largest absolute Gasteiger partial charge is 0.479 e. The summed E-state index contributed by atoms with van der Waals surface area (Å²) < 4.78 is 25.6. The minimum Gasteiger partial charge on any atom is -0.479 e. The van der Waals surface area contributed by atoms with Crippen LogP contribution in [0.25, 0.3) is 0 Å². The first-order chi connectivity index (χ1) is 20.2. The van der Waals surface area contributed by atoms with Gasteiger partial charge >= 0.3 is 31.4 Å². The summed E-state index contributed by atoms with van der Waals surface area (Å²) in [7, 11) is -3.89. The van der Waals surface area contributed by atoms with Crippen LogP contribution in [-0.4, -0.2) is 64.9 Å². The van der Waals surface area contributed by atoms with Crippen molar-refractivity contribution in [3.05, 3.63) is 102 Å². The highest BCUT2D eigenvalue weighted by Crippen LogP contribution is 2.48. The van der Waals surface area contributed by atoms with E-state index in [0.29, 0.717) is 4.90 Å². The molecule has 1 saturated heterocycles. The molecule has 42 heavy (non-hydrogen) atoms. The first-order valence-electron chi connectivity index (χ1n) is 13.1. The van der Waals surface area contributed by atoms with Crippen LogP contribution in [0.4, 0.5) is 4.79 Å². The monoisotopic (exact) mass is 594 g/mol. The SMILES string of the molecule is NCCN1CCN(C(=O)NC(C(=O)O)c2ccc(P(=O)(OCc3ccccc3)OCc3ccccc3)cc2)C(=O)C1=O. The maximum absolute atomic E-state index is 14.0. The normalized spacial score (nSPS) is 14.5. The molecule has 13 heteroatoms. The van der Waals surface area contributed by atoms with Crippen LogP contribution in [0.5, 0.6) is 0 Å². The van der Waals surface area contributed by atoms with Crippen LogP contribution in [0.3, 0.4) is 0 Å². The lowest BCUT2D eigenvalue weighted by Crippen LogP contribution is -2.59. The second kappa shape index (κ2) is 14.0. The summed E-state index contributed by atoms with van der Waals surface area (Å²) in [5, 5.41) is 12.3. The summed E-state index contributed by atoms with van der Waals surface area (Å²) in [5.41, 5.74) is 7.15. The van der Waals surface area contributed by atoms with Crippen molar-refractivity contribution < 1.29 is 37.9 Å². The number of nitrogens with one attached hydrogen (secondary N) is 1. The number of nitrogens with zero attached hydrogens (tertiary/aromatic N) is 2. The van der Waals surface area contributed by atoms with E-state index in [9.17, 15) is 28.8 Å². The minimum atomic E-state index is -3.89. The molecule has 1 heterocycles. The lowest BCUT2D eigenvalue weighted by Gasteiger charge is -2.32. The molecule has 1 fully saturated rings. The van der Waals surface area contributed by atoms with Crippen molar-refractivity contribution in [2.24, 2.45) is 5.73 Å². The fourth-order valence-electron chi connectivity index (χ4n) is 4.23. The third kappa shape index (κ3) is 7.48. The number of benzene rings is 3. The van der Waals surface area contributed by atoms with E-state index in [2.05, 4.69) is 5.32 Å². The Morgan fingerprint density at radius 2 is 1.40 bits per heavy atom. The summed E-state index contributed by atoms with van der Waals surface area (Å²) in [5.74, 6) is -3.36. The van der Waals surface area contributed by atoms with Gasteiger partial charge < -0.3 is 30.1 Å². The first kappa shape index (κ1) is 30.6. The van der Waals surface area contributed by atoms with Gasteiger partial charge in [-0.2, -0.15) is 0 Å². The molecule has 3 aromatic rings. The number of rotatable bonds is 12. The Morgan fingerprint density at radius 1 is 0.857 bits per heavy atom. The molecular weight excluding hydrogens is 563 g/mol. The predicted octanol–water partition coefficient (Wildman–Crippen LogP) is 2.40. The molecule has 4 amide bonds. The fraction of sp³-hybridized carbons (Fsp3) is 0.241. The van der Waals surface area contributed by atoms with Crippen LogP contribution in [-0.2, 0) is 41.2 Å². The number of carboxylic acid groups (broad SMARTS) is 1. The van der Waals surface area contributed by atoms with Crippen LogP contribution < -0.4 is 16.4 Å². The Kier molecular flexibility index (Phi) is 10.2. The van der Waals surface area contributed by atoms with Crippen LogP contribution in [0, 0.1) is 0 Å². The average molecular weight is 595 g/mol. The van der Waals surface area contributed by atoms with Gasteiger partial charge in [0.15, 0.2) is 6.04 Å². The first-order valence-corrected chi connectivity index (χ1v) is 14.7. The molecule has 0 aliphatic carbocycles. The molecule has 1 atom stereocenters. The van der Waals surface area contributed by atoms with Gasteiger partial charge in [-0.3, -0.25) is 19.1 Å². The molecule has 1 aliphatic rings. The fourth-order valence-corrected chi connectivity index (χ4v) is 5.75. The third-order valence-electron chi connectivity index (χ3n) is 6.50. The van der Waals surface area contributed by atoms with Crippen LogP contribution in [0.1, 0.15) is 22.7 Å². The van der Waals surface area contributed by atoms with Crippen LogP contribution in [0.2, 0.25) is 0 Å². The van der Waals surface area contributed by atoms with Crippen LogP contribution in [0.15, 0.2) is 84.9 Å². The van der Waals surface area contributed by atoms with Gasteiger partial charge in [0.2, 0.25) is 0 Å². The zero-order chi connectivity index (χ0) is 30.1. The maximum atomic E-state index is 14.0. The summed E-state index contributed by atoms with van der Waals surface area (Å²) >= 11 is 0. The second-order valence-corrected chi connectivity index (χ2v) is 11.4. The van der Waals surface area contributed by atoms with E-state index in [1.807, 2.05) is 60.7 Å². The van der Waals surface area contributed by atoms with Gasteiger partial charge in [-0.05, 0) is 28.8 Å². The standard InChI is InChI=1S/C29H31N4O8P/c30-15-16-32-17-18-33(27(35)26(32)34)29(38)31-25(28(36)37)23-11-13-24(14-12-23)42(39,40-19-21-7-3-1-4-8-21)41-20-22-9-5-2-6-10-22/h1-14,25H,15-20,30H2,(H,31,38)(H,36,37). The number of urea groups is 1. The van der Waals surface area contributed by atoms with E-state index in [-0.39, 0.29) is 50.3 Å². The highest BCUT2D eigenvalue weighted by Gasteiger charge is 2.37. The van der Waals surface area contributed by atoms with Crippen molar-refractivity contribution in [3.63, 3.8) is 0 Å². The smallest absolute Gasteiger partial charge is 0.361 e. The number of carbonyl (C=O) groups excluding carboxylic acids is 3. The Bertz CT molecular complexity index is 1410. The van der Waals surface area contributed by atoms with Gasteiger partial charge in [0.1, 0.15) is 0 Å². The molecule has 4 N–H and O–H groups in total. The molecule has 0 aromatic heterocycles. The molecular formula is C29H31N4O8P. The Balaban J connectivity index is 1.51. The highest BCUT2D eigenvalue weighted by molar-refractivity contribution is 7.62. The van der Waals surface area contributed by atoms with Crippen molar-refractivity contribution in [1.29, 1.82) is 0 Å². The number of hydrogen-bond donors (Lipinski definition) is 3. The highest BCUT2D eigenvalue weighted by atomic mass is 31.2. The summed E-state index contributed by atoms with van der Waals surface area (Å²) in [6.07, 6.45) is 0. The number of hydrogen-bond acceptors (Lipinski definition) is 8. The molecule has 0 bridgehead atoms. The molecule has 3 aromatic carbocycles. The van der Waals surface area contributed by atoms with Crippen molar-refractivity contribution in [3.8, 4) is 0 Å². The summed E-state index contributed by atoms with van der Waals surface area (Å²) in [6, 6.07) is 21.3. The number of amides is 4. The van der Waals surface area contributed by atoms with E-state index < -0.39 is 37.5 Å². The molecule has 12 nitrogen and oxygen atoms in total. The molecule has 1 unspecified atom stereocenters. The average Bonchev–Trinajstić information content (AvgIpc) is 3.01. The van der Waals surface area contributed by atoms with E-state index in [1.54, 1.807) is 0 Å². The van der Waals surface area contributed by atoms with E-state index >= 15 is 0 Å². The van der Waals surface area contributed by atoms with Crippen LogP contribution >= 0.6 is 7.60 Å². The molecule has 220 valence electrons. The second-order valence-electron chi connectivity index (χ2n) is 9.37. The quantitative estimate of drug-likeness (QED) is 0.211. The number of piperazine rings is 1. The number of aliphatic carboxylic acids is 1. The van der Waals surface area contributed by atoms with Gasteiger partial charge in [0.25, 0.3) is 0 Å². The van der Waals surface area contributed by atoms with E-state index in [0.717, 1.165) is 11.1 Å². The zero-order valence-electron chi connectivity index (χ0n) is 22.6.